The van der Waals surface area contributed by atoms with Crippen LogP contribution in [-0.4, -0.2) is 6.54 Å². The largest absolute Gasteiger partial charge is 0.330 e. The van der Waals surface area contributed by atoms with Crippen molar-refractivity contribution in [1.82, 2.24) is 0 Å². The van der Waals surface area contributed by atoms with E-state index in [0.717, 1.165) is 22.6 Å². The molecule has 11 heavy (non-hydrogen) atoms. The molecule has 2 N–H and O–H groups in total. The predicted octanol–water partition coefficient (Wildman–Crippen LogP) is 2.15. The maximum absolute atomic E-state index is 6.02. The molecule has 1 nitrogen and oxygen atoms in total. The van der Waals surface area contributed by atoms with Crippen LogP contribution >= 0.6 is 11.6 Å². The molecule has 1 aromatic carbocycles. The third-order valence-corrected chi connectivity index (χ3v) is 2.23. The Balaban J connectivity index is 2.96. The summed E-state index contributed by atoms with van der Waals surface area (Å²) < 4.78 is 0. The van der Waals surface area contributed by atoms with Crippen LogP contribution in [0.4, 0.5) is 0 Å². The minimum atomic E-state index is 0.656. The normalized spacial score (nSPS) is 10.1. The molecule has 0 saturated heterocycles. The Labute approximate surface area is 72.2 Å². The molecule has 0 spiro atoms. The maximum atomic E-state index is 6.02. The molecular weight excluding hydrogens is 158 g/mol. The van der Waals surface area contributed by atoms with E-state index in [1.165, 1.54) is 0 Å². The Bertz CT molecular complexity index is 245. The molecular formula is C9H12ClN. The second-order valence-electron chi connectivity index (χ2n) is 2.59. The Hall–Kier alpha value is -0.530. The molecule has 1 rings (SSSR count). The van der Waals surface area contributed by atoms with Gasteiger partial charge in [0.25, 0.3) is 0 Å². The van der Waals surface area contributed by atoms with E-state index in [-0.39, 0.29) is 0 Å². The first kappa shape index (κ1) is 8.57. The maximum Gasteiger partial charge on any atom is 0.0467 e. The molecule has 0 bridgehead atoms. The van der Waals surface area contributed by atoms with Crippen molar-refractivity contribution >= 4 is 11.6 Å². The van der Waals surface area contributed by atoms with Gasteiger partial charge in [-0.2, -0.15) is 0 Å². The summed E-state index contributed by atoms with van der Waals surface area (Å²) in [6.45, 7) is 2.66. The summed E-state index contributed by atoms with van der Waals surface area (Å²) in [6.07, 6.45) is 0.862. The first-order chi connectivity index (χ1) is 5.25. The van der Waals surface area contributed by atoms with Crippen LogP contribution in [0.5, 0.6) is 0 Å². The first-order valence-electron chi connectivity index (χ1n) is 3.69. The van der Waals surface area contributed by atoms with Gasteiger partial charge >= 0.3 is 0 Å². The Morgan fingerprint density at radius 3 is 2.82 bits per heavy atom. The molecule has 0 aliphatic carbocycles. The fourth-order valence-electron chi connectivity index (χ4n) is 1.06. The monoisotopic (exact) mass is 169 g/mol. The highest BCUT2D eigenvalue weighted by Gasteiger charge is 1.99. The van der Waals surface area contributed by atoms with Gasteiger partial charge in [-0.3, -0.25) is 0 Å². The highest BCUT2D eigenvalue weighted by atomic mass is 35.5. The molecule has 2 heteroatoms. The molecule has 0 saturated carbocycles. The van der Waals surface area contributed by atoms with Gasteiger partial charge in [0.1, 0.15) is 0 Å². The van der Waals surface area contributed by atoms with E-state index in [4.69, 9.17) is 17.3 Å². The first-order valence-corrected chi connectivity index (χ1v) is 4.07. The minimum absolute atomic E-state index is 0.656. The zero-order valence-electron chi connectivity index (χ0n) is 6.60. The van der Waals surface area contributed by atoms with Crippen molar-refractivity contribution in [3.05, 3.63) is 34.3 Å². The summed E-state index contributed by atoms with van der Waals surface area (Å²) in [6, 6.07) is 6.02. The summed E-state index contributed by atoms with van der Waals surface area (Å²) in [5.74, 6) is 0. The minimum Gasteiger partial charge on any atom is -0.330 e. The van der Waals surface area contributed by atoms with E-state index < -0.39 is 0 Å². The van der Waals surface area contributed by atoms with E-state index >= 15 is 0 Å². The lowest BCUT2D eigenvalue weighted by Crippen LogP contribution is -2.03. The molecule has 0 atom stereocenters. The Morgan fingerprint density at radius 2 is 2.18 bits per heavy atom. The highest BCUT2D eigenvalue weighted by Crippen LogP contribution is 2.19. The van der Waals surface area contributed by atoms with Crippen molar-refractivity contribution in [2.75, 3.05) is 6.54 Å². The standard InChI is InChI=1S/C9H12ClN/c1-7-3-2-4-8(5-6-11)9(7)10/h2-4H,5-6,11H2,1H3. The van der Waals surface area contributed by atoms with Gasteiger partial charge in [0.2, 0.25) is 0 Å². The average Bonchev–Trinajstić information content (AvgIpc) is 1.99. The number of benzene rings is 1. The van der Waals surface area contributed by atoms with Crippen LogP contribution < -0.4 is 5.73 Å². The van der Waals surface area contributed by atoms with Crippen molar-refractivity contribution in [3.8, 4) is 0 Å². The third kappa shape index (κ3) is 1.95. The number of nitrogens with two attached hydrogens (primary N) is 1. The van der Waals surface area contributed by atoms with Crippen LogP contribution in [0.25, 0.3) is 0 Å². The topological polar surface area (TPSA) is 26.0 Å². The second kappa shape index (κ2) is 3.74. The van der Waals surface area contributed by atoms with Gasteiger partial charge in [-0.05, 0) is 31.0 Å². The van der Waals surface area contributed by atoms with Crippen molar-refractivity contribution in [1.29, 1.82) is 0 Å². The quantitative estimate of drug-likeness (QED) is 0.722. The summed E-state index contributed by atoms with van der Waals surface area (Å²) in [5.41, 5.74) is 7.69. The van der Waals surface area contributed by atoms with Crippen LogP contribution in [0.2, 0.25) is 5.02 Å². The van der Waals surface area contributed by atoms with E-state index in [2.05, 4.69) is 0 Å². The Kier molecular flexibility index (Phi) is 2.92. The highest BCUT2D eigenvalue weighted by molar-refractivity contribution is 6.32. The van der Waals surface area contributed by atoms with Crippen molar-refractivity contribution in [2.24, 2.45) is 5.73 Å². The molecule has 60 valence electrons. The molecule has 1 aromatic rings. The zero-order chi connectivity index (χ0) is 8.27. The molecule has 0 aliphatic rings. The molecule has 0 heterocycles. The van der Waals surface area contributed by atoms with Crippen molar-refractivity contribution in [2.45, 2.75) is 13.3 Å². The number of hydrogen-bond donors (Lipinski definition) is 1. The van der Waals surface area contributed by atoms with Crippen LogP contribution in [0.15, 0.2) is 18.2 Å². The van der Waals surface area contributed by atoms with Crippen LogP contribution in [-0.2, 0) is 6.42 Å². The van der Waals surface area contributed by atoms with E-state index in [1.807, 2.05) is 25.1 Å². The molecule has 0 unspecified atom stereocenters. The number of aryl methyl sites for hydroxylation is 1. The van der Waals surface area contributed by atoms with Crippen molar-refractivity contribution in [3.63, 3.8) is 0 Å². The lowest BCUT2D eigenvalue weighted by molar-refractivity contribution is 0.967. The molecule has 0 amide bonds. The predicted molar refractivity (Wildman–Crippen MR) is 48.9 cm³/mol. The lowest BCUT2D eigenvalue weighted by atomic mass is 10.1. The van der Waals surface area contributed by atoms with Crippen molar-refractivity contribution < 1.29 is 0 Å². The number of rotatable bonds is 2. The molecule has 0 aliphatic heterocycles. The van der Waals surface area contributed by atoms with Gasteiger partial charge in [0, 0.05) is 5.02 Å². The van der Waals surface area contributed by atoms with Gasteiger partial charge in [-0.1, -0.05) is 29.8 Å². The van der Waals surface area contributed by atoms with Gasteiger partial charge in [-0.15, -0.1) is 0 Å². The second-order valence-corrected chi connectivity index (χ2v) is 2.96. The molecule has 0 fully saturated rings. The van der Waals surface area contributed by atoms with Crippen LogP contribution in [0.3, 0.4) is 0 Å². The number of hydrogen-bond acceptors (Lipinski definition) is 1. The summed E-state index contributed by atoms with van der Waals surface area (Å²) >= 11 is 6.02. The lowest BCUT2D eigenvalue weighted by Gasteiger charge is -2.03. The van der Waals surface area contributed by atoms with Gasteiger partial charge in [-0.25, -0.2) is 0 Å². The molecule has 0 aromatic heterocycles. The smallest absolute Gasteiger partial charge is 0.0467 e. The van der Waals surface area contributed by atoms with Gasteiger partial charge < -0.3 is 5.73 Å². The summed E-state index contributed by atoms with van der Waals surface area (Å²) in [5, 5.41) is 0.859. The Morgan fingerprint density at radius 1 is 1.45 bits per heavy atom. The fraction of sp³-hybridized carbons (Fsp3) is 0.333. The van der Waals surface area contributed by atoms with Gasteiger partial charge in [0.05, 0.1) is 0 Å². The van der Waals surface area contributed by atoms with Crippen LogP contribution in [0, 0.1) is 6.92 Å². The SMILES string of the molecule is Cc1cccc(CCN)c1Cl. The number of halogens is 1. The van der Waals surface area contributed by atoms with Gasteiger partial charge in [0.15, 0.2) is 0 Å². The average molecular weight is 170 g/mol. The van der Waals surface area contributed by atoms with Crippen LogP contribution in [0.1, 0.15) is 11.1 Å². The summed E-state index contributed by atoms with van der Waals surface area (Å²) in [7, 11) is 0. The zero-order valence-corrected chi connectivity index (χ0v) is 7.36. The van der Waals surface area contributed by atoms with E-state index in [9.17, 15) is 0 Å². The van der Waals surface area contributed by atoms with E-state index in [1.54, 1.807) is 0 Å². The fourth-order valence-corrected chi connectivity index (χ4v) is 1.28. The van der Waals surface area contributed by atoms with E-state index in [0.29, 0.717) is 6.54 Å². The summed E-state index contributed by atoms with van der Waals surface area (Å²) in [4.78, 5) is 0. The molecule has 0 radical (unpaired) electrons. The third-order valence-electron chi connectivity index (χ3n) is 1.69.